The number of hydrogen-bond acceptors (Lipinski definition) is 7. The minimum absolute atomic E-state index is 0.0719. The molecule has 0 atom stereocenters. The number of carbonyl (C=O) groups excluding carboxylic acids is 2. The van der Waals surface area contributed by atoms with Crippen LogP contribution >= 0.6 is 0 Å². The van der Waals surface area contributed by atoms with Gasteiger partial charge in [0.15, 0.2) is 0 Å². The molecule has 0 saturated heterocycles. The summed E-state index contributed by atoms with van der Waals surface area (Å²) in [5.41, 5.74) is -0.966. The maximum atomic E-state index is 13.1. The molecule has 0 amide bonds. The van der Waals surface area contributed by atoms with Crippen LogP contribution in [0, 0.1) is 10.8 Å². The molecular formula is C55H110N2O5. The largest absolute Gasteiger partial charge is 0.464 e. The van der Waals surface area contributed by atoms with Crippen LogP contribution in [0.15, 0.2) is 0 Å². The van der Waals surface area contributed by atoms with E-state index >= 15 is 0 Å². The van der Waals surface area contributed by atoms with E-state index in [1.165, 1.54) is 154 Å². The van der Waals surface area contributed by atoms with Gasteiger partial charge >= 0.3 is 11.9 Å². The van der Waals surface area contributed by atoms with E-state index in [1.807, 2.05) is 27.7 Å². The van der Waals surface area contributed by atoms with Crippen molar-refractivity contribution in [1.82, 2.24) is 9.80 Å². The Bertz CT molecular complexity index is 879. The third-order valence-corrected chi connectivity index (χ3v) is 13.4. The first-order valence-corrected chi connectivity index (χ1v) is 27.4. The number of aliphatic hydroxyl groups is 1. The maximum Gasteiger partial charge on any atom is 0.311 e. The summed E-state index contributed by atoms with van der Waals surface area (Å²) in [5.74, 6) is -0.144. The standard InChI is InChI=1S/C55H110N2O5/c1-9-13-17-21-25-35-43-56(44-36-26-22-18-14-10-2)47-49-61-52(59)54(5,6)41-33-29-31-39-51(58)40-32-30-34-42-55(7,8)53(60)62-50-48-57(45-37-27-23-19-15-11-3)46-38-28-24-20-16-12-4/h51,58H,9-50H2,1-8H3. The maximum absolute atomic E-state index is 13.1. The van der Waals surface area contributed by atoms with Crippen LogP contribution in [0.2, 0.25) is 0 Å². The lowest BCUT2D eigenvalue weighted by Crippen LogP contribution is -2.33. The molecule has 0 bridgehead atoms. The lowest BCUT2D eigenvalue weighted by atomic mass is 9.86. The molecule has 0 spiro atoms. The molecule has 0 rings (SSSR count). The molecule has 370 valence electrons. The lowest BCUT2D eigenvalue weighted by molar-refractivity contribution is -0.155. The molecule has 0 aliphatic rings. The summed E-state index contributed by atoms with van der Waals surface area (Å²) in [6.45, 7) is 24.3. The van der Waals surface area contributed by atoms with E-state index in [1.54, 1.807) is 0 Å². The Hall–Kier alpha value is -1.18. The quantitative estimate of drug-likeness (QED) is 0.0482. The minimum Gasteiger partial charge on any atom is -0.464 e. The van der Waals surface area contributed by atoms with Crippen molar-refractivity contribution >= 4 is 11.9 Å². The second kappa shape index (κ2) is 42.5. The van der Waals surface area contributed by atoms with Gasteiger partial charge in [0, 0.05) is 13.1 Å². The average molecular weight is 879 g/mol. The number of rotatable bonds is 48. The molecule has 7 heteroatoms. The zero-order valence-corrected chi connectivity index (χ0v) is 43.3. The molecule has 0 aromatic rings. The van der Waals surface area contributed by atoms with Crippen LogP contribution in [0.1, 0.15) is 274 Å². The third-order valence-electron chi connectivity index (χ3n) is 13.4. The molecule has 0 aliphatic carbocycles. The molecule has 0 aromatic heterocycles. The van der Waals surface area contributed by atoms with Crippen LogP contribution in [-0.4, -0.2) is 85.4 Å². The molecule has 62 heavy (non-hydrogen) atoms. The first-order chi connectivity index (χ1) is 29.9. The van der Waals surface area contributed by atoms with E-state index in [4.69, 9.17) is 9.47 Å². The van der Waals surface area contributed by atoms with Crippen LogP contribution in [0.4, 0.5) is 0 Å². The van der Waals surface area contributed by atoms with Crippen LogP contribution in [-0.2, 0) is 19.1 Å². The van der Waals surface area contributed by atoms with Crippen molar-refractivity contribution in [2.75, 3.05) is 52.5 Å². The molecule has 0 radical (unpaired) electrons. The zero-order chi connectivity index (χ0) is 46.0. The topological polar surface area (TPSA) is 79.3 Å². The Labute approximate surface area is 387 Å². The van der Waals surface area contributed by atoms with Gasteiger partial charge in [0.1, 0.15) is 13.2 Å². The van der Waals surface area contributed by atoms with E-state index in [0.717, 1.165) is 103 Å². The molecule has 0 fully saturated rings. The molecule has 7 nitrogen and oxygen atoms in total. The van der Waals surface area contributed by atoms with Gasteiger partial charge < -0.3 is 14.6 Å². The number of carbonyl (C=O) groups is 2. The molecule has 0 aromatic carbocycles. The molecule has 0 unspecified atom stereocenters. The Morgan fingerprint density at radius 1 is 0.387 bits per heavy atom. The van der Waals surface area contributed by atoms with E-state index < -0.39 is 10.8 Å². The number of ether oxygens (including phenoxy) is 2. The fourth-order valence-electron chi connectivity index (χ4n) is 8.66. The second-order valence-corrected chi connectivity index (χ2v) is 20.6. The number of aliphatic hydroxyl groups excluding tert-OH is 1. The van der Waals surface area contributed by atoms with Gasteiger partial charge in [-0.05, 0) is 105 Å². The lowest BCUT2D eigenvalue weighted by Gasteiger charge is -2.25. The predicted molar refractivity (Wildman–Crippen MR) is 268 cm³/mol. The summed E-state index contributed by atoms with van der Waals surface area (Å²) in [5, 5.41) is 10.7. The van der Waals surface area contributed by atoms with E-state index in [9.17, 15) is 14.7 Å². The van der Waals surface area contributed by atoms with Crippen molar-refractivity contribution in [3.63, 3.8) is 0 Å². The van der Waals surface area contributed by atoms with Crippen molar-refractivity contribution in [3.05, 3.63) is 0 Å². The molecule has 0 heterocycles. The Balaban J connectivity index is 4.36. The van der Waals surface area contributed by atoms with Gasteiger partial charge in [-0.15, -0.1) is 0 Å². The van der Waals surface area contributed by atoms with Gasteiger partial charge in [-0.1, -0.05) is 195 Å². The van der Waals surface area contributed by atoms with Crippen molar-refractivity contribution in [3.8, 4) is 0 Å². The molecular weight excluding hydrogens is 769 g/mol. The summed E-state index contributed by atoms with van der Waals surface area (Å²) < 4.78 is 11.7. The Morgan fingerprint density at radius 3 is 0.935 bits per heavy atom. The molecule has 0 aliphatic heterocycles. The number of hydrogen-bond donors (Lipinski definition) is 1. The summed E-state index contributed by atoms with van der Waals surface area (Å²) in [7, 11) is 0. The number of esters is 2. The average Bonchev–Trinajstić information content (AvgIpc) is 3.24. The van der Waals surface area contributed by atoms with E-state index in [0.29, 0.717) is 13.2 Å². The highest BCUT2D eigenvalue weighted by molar-refractivity contribution is 5.76. The number of nitrogens with zero attached hydrogens (tertiary/aromatic N) is 2. The van der Waals surface area contributed by atoms with Gasteiger partial charge in [0.25, 0.3) is 0 Å². The van der Waals surface area contributed by atoms with Crippen LogP contribution in [0.3, 0.4) is 0 Å². The van der Waals surface area contributed by atoms with Crippen LogP contribution in [0.25, 0.3) is 0 Å². The SMILES string of the molecule is CCCCCCCCN(CCCCCCCC)CCOC(=O)C(C)(C)CCCCCC(O)CCCCCC(C)(C)C(=O)OCCN(CCCCCCCC)CCCCCCCC. The fourth-order valence-corrected chi connectivity index (χ4v) is 8.66. The van der Waals surface area contributed by atoms with Crippen molar-refractivity contribution < 1.29 is 24.2 Å². The summed E-state index contributed by atoms with van der Waals surface area (Å²) in [6.07, 6.45) is 40.3. The highest BCUT2D eigenvalue weighted by Gasteiger charge is 2.30. The highest BCUT2D eigenvalue weighted by atomic mass is 16.5. The van der Waals surface area contributed by atoms with Gasteiger partial charge in [0.2, 0.25) is 0 Å². The first-order valence-electron chi connectivity index (χ1n) is 27.4. The highest BCUT2D eigenvalue weighted by Crippen LogP contribution is 2.28. The normalized spacial score (nSPS) is 12.3. The van der Waals surface area contributed by atoms with Crippen LogP contribution < -0.4 is 0 Å². The van der Waals surface area contributed by atoms with Crippen LogP contribution in [0.5, 0.6) is 0 Å². The smallest absolute Gasteiger partial charge is 0.311 e. The van der Waals surface area contributed by atoms with Crippen molar-refractivity contribution in [2.45, 2.75) is 280 Å². The summed E-state index contributed by atoms with van der Waals surface area (Å²) >= 11 is 0. The number of unbranched alkanes of at least 4 members (excludes halogenated alkanes) is 24. The van der Waals surface area contributed by atoms with Crippen molar-refractivity contribution in [1.29, 1.82) is 0 Å². The van der Waals surface area contributed by atoms with Gasteiger partial charge in [-0.25, -0.2) is 0 Å². The summed E-state index contributed by atoms with van der Waals surface area (Å²) in [6, 6.07) is 0. The van der Waals surface area contributed by atoms with E-state index in [-0.39, 0.29) is 18.0 Å². The second-order valence-electron chi connectivity index (χ2n) is 20.6. The van der Waals surface area contributed by atoms with Crippen molar-refractivity contribution in [2.24, 2.45) is 10.8 Å². The first kappa shape index (κ1) is 60.8. The Kier molecular flexibility index (Phi) is 41.6. The molecule has 0 saturated carbocycles. The Morgan fingerprint density at radius 2 is 0.645 bits per heavy atom. The van der Waals surface area contributed by atoms with Gasteiger partial charge in [-0.3, -0.25) is 19.4 Å². The monoisotopic (exact) mass is 879 g/mol. The van der Waals surface area contributed by atoms with Gasteiger partial charge in [-0.2, -0.15) is 0 Å². The van der Waals surface area contributed by atoms with E-state index in [2.05, 4.69) is 37.5 Å². The summed E-state index contributed by atoms with van der Waals surface area (Å²) in [4.78, 5) is 31.3. The third kappa shape index (κ3) is 37.1. The zero-order valence-electron chi connectivity index (χ0n) is 43.3. The predicted octanol–water partition coefficient (Wildman–Crippen LogP) is 15.4. The minimum atomic E-state index is -0.483. The fraction of sp³-hybridized carbons (Fsp3) is 0.964. The molecule has 1 N–H and O–H groups in total. The van der Waals surface area contributed by atoms with Gasteiger partial charge in [0.05, 0.1) is 16.9 Å².